The molecular formula is C15H12Cl2N2O4S. The summed E-state index contributed by atoms with van der Waals surface area (Å²) < 4.78 is 4.89. The maximum atomic E-state index is 11.8. The molecule has 0 aliphatic carbocycles. The topological polar surface area (TPSA) is 98.5 Å². The average molecular weight is 387 g/mol. The number of nitrogens with one attached hydrogen (secondary N) is 1. The summed E-state index contributed by atoms with van der Waals surface area (Å²) in [5.74, 6) is -1.89. The fraction of sp³-hybridized carbons (Fsp3) is 0.133. The van der Waals surface area contributed by atoms with Crippen LogP contribution in [0.3, 0.4) is 0 Å². The quantitative estimate of drug-likeness (QED) is 0.745. The van der Waals surface area contributed by atoms with E-state index in [4.69, 9.17) is 33.7 Å². The number of thiophene rings is 1. The number of ether oxygens (including phenoxy) is 1. The lowest BCUT2D eigenvalue weighted by molar-refractivity contribution is -0.146. The van der Waals surface area contributed by atoms with Gasteiger partial charge in [0.25, 0.3) is 11.8 Å². The summed E-state index contributed by atoms with van der Waals surface area (Å²) >= 11 is 13.1. The number of primary amides is 1. The third kappa shape index (κ3) is 4.70. The summed E-state index contributed by atoms with van der Waals surface area (Å²) in [7, 11) is 0. The molecule has 1 aromatic heterocycles. The Kier molecular flexibility index (Phi) is 6.19. The second kappa shape index (κ2) is 8.14. The van der Waals surface area contributed by atoms with Crippen LogP contribution < -0.4 is 11.1 Å². The van der Waals surface area contributed by atoms with Crippen molar-refractivity contribution in [3.8, 4) is 0 Å². The molecule has 0 aliphatic heterocycles. The molecule has 6 nitrogen and oxygen atoms in total. The van der Waals surface area contributed by atoms with E-state index in [2.05, 4.69) is 5.32 Å². The summed E-state index contributed by atoms with van der Waals surface area (Å²) in [4.78, 5) is 34.8. The Balaban J connectivity index is 1.88. The van der Waals surface area contributed by atoms with E-state index in [1.165, 1.54) is 6.07 Å². The van der Waals surface area contributed by atoms with Gasteiger partial charge in [0.1, 0.15) is 5.00 Å². The molecule has 0 spiro atoms. The molecule has 0 radical (unpaired) electrons. The zero-order valence-corrected chi connectivity index (χ0v) is 14.5. The van der Waals surface area contributed by atoms with E-state index in [1.807, 2.05) is 0 Å². The Hall–Kier alpha value is -2.09. The number of benzene rings is 1. The Bertz CT molecular complexity index is 771. The third-order valence-electron chi connectivity index (χ3n) is 2.93. The zero-order valence-electron chi connectivity index (χ0n) is 12.2. The molecule has 0 saturated carbocycles. The summed E-state index contributed by atoms with van der Waals surface area (Å²) in [5, 5.41) is 5.06. The average Bonchev–Trinajstić information content (AvgIpc) is 2.97. The predicted octanol–water partition coefficient (Wildman–Crippen LogP) is 2.88. The first kappa shape index (κ1) is 18.3. The van der Waals surface area contributed by atoms with Crippen molar-refractivity contribution in [2.24, 2.45) is 5.73 Å². The first-order valence-electron chi connectivity index (χ1n) is 6.64. The molecule has 2 aromatic rings. The molecule has 0 fully saturated rings. The highest BCUT2D eigenvalue weighted by Gasteiger charge is 2.15. The van der Waals surface area contributed by atoms with Crippen LogP contribution in [0.4, 0.5) is 5.00 Å². The maximum absolute atomic E-state index is 11.8. The largest absolute Gasteiger partial charge is 0.455 e. The van der Waals surface area contributed by atoms with Crippen molar-refractivity contribution < 1.29 is 19.1 Å². The molecule has 3 N–H and O–H groups in total. The fourth-order valence-corrected chi connectivity index (χ4v) is 3.15. The van der Waals surface area contributed by atoms with Crippen LogP contribution >= 0.6 is 34.5 Å². The Morgan fingerprint density at radius 1 is 1.17 bits per heavy atom. The molecule has 1 aromatic carbocycles. The molecule has 126 valence electrons. The van der Waals surface area contributed by atoms with Gasteiger partial charge in [-0.25, -0.2) is 0 Å². The van der Waals surface area contributed by atoms with Gasteiger partial charge in [-0.05, 0) is 23.6 Å². The zero-order chi connectivity index (χ0) is 17.7. The van der Waals surface area contributed by atoms with Crippen LogP contribution in [0, 0.1) is 0 Å². The summed E-state index contributed by atoms with van der Waals surface area (Å²) in [6.07, 6.45) is -0.155. The number of hydrogen-bond acceptors (Lipinski definition) is 5. The van der Waals surface area contributed by atoms with E-state index < -0.39 is 24.4 Å². The Labute approximate surface area is 151 Å². The van der Waals surface area contributed by atoms with Gasteiger partial charge in [-0.1, -0.05) is 29.3 Å². The molecule has 2 rings (SSSR count). The normalized spacial score (nSPS) is 10.2. The predicted molar refractivity (Wildman–Crippen MR) is 92.6 cm³/mol. The lowest BCUT2D eigenvalue weighted by Crippen LogP contribution is -2.23. The number of esters is 1. The van der Waals surface area contributed by atoms with Crippen molar-refractivity contribution in [3.05, 3.63) is 50.8 Å². The minimum absolute atomic E-state index is 0.155. The second-order valence-corrected chi connectivity index (χ2v) is 6.34. The van der Waals surface area contributed by atoms with Gasteiger partial charge in [-0.2, -0.15) is 0 Å². The van der Waals surface area contributed by atoms with Gasteiger partial charge in [0.05, 0.1) is 12.0 Å². The molecule has 0 aliphatic rings. The molecule has 0 unspecified atom stereocenters. The fourth-order valence-electron chi connectivity index (χ4n) is 1.81. The standard InChI is InChI=1S/C15H12Cl2N2O4S/c16-10-2-1-3-11(17)9(10)6-13(21)23-7-12(20)19-15-8(14(18)22)4-5-24-15/h1-5H,6-7H2,(H2,18,22)(H,19,20). The number of anilines is 1. The molecule has 1 heterocycles. The van der Waals surface area contributed by atoms with Crippen molar-refractivity contribution in [2.75, 3.05) is 11.9 Å². The van der Waals surface area contributed by atoms with Crippen LogP contribution in [0.1, 0.15) is 15.9 Å². The highest BCUT2D eigenvalue weighted by Crippen LogP contribution is 2.25. The minimum Gasteiger partial charge on any atom is -0.455 e. The van der Waals surface area contributed by atoms with Gasteiger partial charge in [-0.3, -0.25) is 14.4 Å². The Morgan fingerprint density at radius 3 is 2.46 bits per heavy atom. The number of carbonyl (C=O) groups is 3. The Morgan fingerprint density at radius 2 is 1.83 bits per heavy atom. The first-order valence-corrected chi connectivity index (χ1v) is 8.27. The van der Waals surface area contributed by atoms with Gasteiger partial charge >= 0.3 is 5.97 Å². The molecule has 0 saturated heterocycles. The van der Waals surface area contributed by atoms with Gasteiger partial charge in [-0.15, -0.1) is 11.3 Å². The van der Waals surface area contributed by atoms with Crippen molar-refractivity contribution in [2.45, 2.75) is 6.42 Å². The first-order chi connectivity index (χ1) is 11.4. The lowest BCUT2D eigenvalue weighted by Gasteiger charge is -2.08. The third-order valence-corrected chi connectivity index (χ3v) is 4.47. The highest BCUT2D eigenvalue weighted by atomic mass is 35.5. The van der Waals surface area contributed by atoms with Crippen molar-refractivity contribution in [1.29, 1.82) is 0 Å². The number of carbonyl (C=O) groups excluding carboxylic acids is 3. The number of amides is 2. The van der Waals surface area contributed by atoms with Crippen molar-refractivity contribution in [1.82, 2.24) is 0 Å². The van der Waals surface area contributed by atoms with E-state index >= 15 is 0 Å². The van der Waals surface area contributed by atoms with Gasteiger partial charge in [0, 0.05) is 15.6 Å². The second-order valence-electron chi connectivity index (χ2n) is 4.61. The molecule has 0 atom stereocenters. The number of nitrogens with two attached hydrogens (primary N) is 1. The highest BCUT2D eigenvalue weighted by molar-refractivity contribution is 7.14. The van der Waals surface area contributed by atoms with Crippen LogP contribution in [-0.2, 0) is 20.7 Å². The van der Waals surface area contributed by atoms with E-state index in [0.29, 0.717) is 20.6 Å². The molecular weight excluding hydrogens is 375 g/mol. The van der Waals surface area contributed by atoms with E-state index in [0.717, 1.165) is 11.3 Å². The minimum atomic E-state index is -0.656. The number of halogens is 2. The van der Waals surface area contributed by atoms with Crippen LogP contribution in [0.25, 0.3) is 0 Å². The SMILES string of the molecule is NC(=O)c1ccsc1NC(=O)COC(=O)Cc1c(Cl)cccc1Cl. The summed E-state index contributed by atoms with van der Waals surface area (Å²) in [6, 6.07) is 6.36. The number of rotatable bonds is 6. The number of hydrogen-bond donors (Lipinski definition) is 2. The lowest BCUT2D eigenvalue weighted by atomic mass is 10.1. The van der Waals surface area contributed by atoms with Crippen molar-refractivity contribution >= 4 is 57.3 Å². The monoisotopic (exact) mass is 386 g/mol. The molecule has 24 heavy (non-hydrogen) atoms. The van der Waals surface area contributed by atoms with Crippen LogP contribution in [0.2, 0.25) is 10.0 Å². The van der Waals surface area contributed by atoms with Gasteiger partial charge in [0.2, 0.25) is 0 Å². The molecule has 2 amide bonds. The maximum Gasteiger partial charge on any atom is 0.310 e. The van der Waals surface area contributed by atoms with E-state index in [-0.39, 0.29) is 12.0 Å². The smallest absolute Gasteiger partial charge is 0.310 e. The van der Waals surface area contributed by atoms with Gasteiger partial charge in [0.15, 0.2) is 6.61 Å². The van der Waals surface area contributed by atoms with Crippen LogP contribution in [-0.4, -0.2) is 24.4 Å². The summed E-state index contributed by atoms with van der Waals surface area (Å²) in [5.41, 5.74) is 5.81. The van der Waals surface area contributed by atoms with E-state index in [9.17, 15) is 14.4 Å². The van der Waals surface area contributed by atoms with E-state index in [1.54, 1.807) is 23.6 Å². The van der Waals surface area contributed by atoms with Gasteiger partial charge < -0.3 is 15.8 Å². The van der Waals surface area contributed by atoms with Crippen LogP contribution in [0.15, 0.2) is 29.6 Å². The van der Waals surface area contributed by atoms with Crippen LogP contribution in [0.5, 0.6) is 0 Å². The summed E-state index contributed by atoms with van der Waals surface area (Å²) in [6.45, 7) is -0.503. The van der Waals surface area contributed by atoms with Crippen molar-refractivity contribution in [3.63, 3.8) is 0 Å². The molecule has 9 heteroatoms. The molecule has 0 bridgehead atoms.